The zero-order valence-corrected chi connectivity index (χ0v) is 9.52. The molecular weight excluding hydrogens is 222 g/mol. The number of carbonyl (C=O) groups is 1. The van der Waals surface area contributed by atoms with E-state index in [9.17, 15) is 9.59 Å². The summed E-state index contributed by atoms with van der Waals surface area (Å²) in [6.07, 6.45) is 1.78. The van der Waals surface area contributed by atoms with Crippen LogP contribution in [0.25, 0.3) is 10.9 Å². The molecule has 0 radical (unpaired) electrons. The minimum absolute atomic E-state index is 0.215. The van der Waals surface area contributed by atoms with Gasteiger partial charge in [0, 0.05) is 12.6 Å². The number of hydrogen-bond acceptors (Lipinski definition) is 5. The Labute approximate surface area is 97.0 Å². The van der Waals surface area contributed by atoms with Crippen LogP contribution in [0.15, 0.2) is 27.5 Å². The average molecular weight is 233 g/mol. The molecule has 2 aromatic rings. The van der Waals surface area contributed by atoms with Crippen LogP contribution in [0, 0.1) is 6.92 Å². The summed E-state index contributed by atoms with van der Waals surface area (Å²) in [7, 11) is 0. The predicted molar refractivity (Wildman–Crippen MR) is 60.9 cm³/mol. The lowest BCUT2D eigenvalue weighted by atomic mass is 10.2. The largest absolute Gasteiger partial charge is 0.424 e. The van der Waals surface area contributed by atoms with Gasteiger partial charge in [-0.05, 0) is 19.1 Å². The molecule has 0 saturated carbocycles. The Morgan fingerprint density at radius 1 is 1.53 bits per heavy atom. The Balaban J connectivity index is 2.69. The molecule has 2 aromatic heterocycles. The van der Waals surface area contributed by atoms with Crippen LogP contribution in [-0.4, -0.2) is 11.0 Å². The Hall–Kier alpha value is -2.17. The number of pyridine rings is 1. The number of ether oxygens (including phenoxy) is 1. The normalized spacial score (nSPS) is 10.5. The van der Waals surface area contributed by atoms with Crippen LogP contribution in [0.4, 0.5) is 0 Å². The number of hydrogen-bond donors (Lipinski definition) is 0. The topological polar surface area (TPSA) is 69.4 Å². The van der Waals surface area contributed by atoms with Crippen LogP contribution in [-0.2, 0) is 4.79 Å². The van der Waals surface area contributed by atoms with E-state index in [4.69, 9.17) is 9.15 Å². The van der Waals surface area contributed by atoms with Gasteiger partial charge in [0.1, 0.15) is 11.3 Å². The first-order chi connectivity index (χ1) is 8.13. The highest BCUT2D eigenvalue weighted by Crippen LogP contribution is 2.25. The van der Waals surface area contributed by atoms with Gasteiger partial charge in [0.15, 0.2) is 5.75 Å². The van der Waals surface area contributed by atoms with E-state index in [2.05, 4.69) is 4.98 Å². The van der Waals surface area contributed by atoms with Gasteiger partial charge in [-0.3, -0.25) is 9.78 Å². The number of carbonyl (C=O) groups excluding carboxylic acids is 1. The van der Waals surface area contributed by atoms with Gasteiger partial charge in [-0.2, -0.15) is 0 Å². The fourth-order valence-electron chi connectivity index (χ4n) is 1.46. The van der Waals surface area contributed by atoms with Crippen molar-refractivity contribution in [2.45, 2.75) is 20.3 Å². The van der Waals surface area contributed by atoms with Gasteiger partial charge in [0.05, 0.1) is 5.39 Å². The molecule has 2 heterocycles. The molecule has 0 amide bonds. The van der Waals surface area contributed by atoms with Crippen molar-refractivity contribution in [1.82, 2.24) is 4.98 Å². The van der Waals surface area contributed by atoms with Crippen molar-refractivity contribution in [2.24, 2.45) is 0 Å². The molecule has 0 spiro atoms. The monoisotopic (exact) mass is 233 g/mol. The lowest BCUT2D eigenvalue weighted by molar-refractivity contribution is -0.134. The van der Waals surface area contributed by atoms with E-state index in [-0.39, 0.29) is 17.9 Å². The number of fused-ring (bicyclic) bond motifs is 1. The minimum Gasteiger partial charge on any atom is -0.424 e. The first-order valence-electron chi connectivity index (χ1n) is 5.22. The van der Waals surface area contributed by atoms with E-state index >= 15 is 0 Å². The number of aryl methyl sites for hydroxylation is 1. The fraction of sp³-hybridized carbons (Fsp3) is 0.250. The summed E-state index contributed by atoms with van der Waals surface area (Å²) >= 11 is 0. The Bertz CT molecular complexity index is 630. The molecule has 0 atom stereocenters. The highest BCUT2D eigenvalue weighted by atomic mass is 16.5. The minimum atomic E-state index is -0.484. The summed E-state index contributed by atoms with van der Waals surface area (Å²) in [5.41, 5.74) is -0.134. The Morgan fingerprint density at radius 2 is 2.29 bits per heavy atom. The molecule has 0 aliphatic carbocycles. The quantitative estimate of drug-likeness (QED) is 0.740. The van der Waals surface area contributed by atoms with Crippen LogP contribution >= 0.6 is 0 Å². The number of esters is 1. The summed E-state index contributed by atoms with van der Waals surface area (Å²) in [4.78, 5) is 26.9. The fourth-order valence-corrected chi connectivity index (χ4v) is 1.46. The molecule has 17 heavy (non-hydrogen) atoms. The third-order valence-corrected chi connectivity index (χ3v) is 2.31. The molecule has 0 aliphatic heterocycles. The second kappa shape index (κ2) is 4.37. The molecule has 0 bridgehead atoms. The average Bonchev–Trinajstić information content (AvgIpc) is 2.34. The molecule has 0 aromatic carbocycles. The molecule has 5 heteroatoms. The number of nitrogens with zero attached hydrogens (tertiary/aromatic N) is 1. The Kier molecular flexibility index (Phi) is 2.91. The van der Waals surface area contributed by atoms with Crippen molar-refractivity contribution < 1.29 is 13.9 Å². The molecule has 0 saturated heterocycles. The van der Waals surface area contributed by atoms with Gasteiger partial charge in [0.2, 0.25) is 0 Å². The van der Waals surface area contributed by atoms with Gasteiger partial charge in [-0.25, -0.2) is 4.79 Å². The van der Waals surface area contributed by atoms with Crippen molar-refractivity contribution in [3.63, 3.8) is 0 Å². The highest BCUT2D eigenvalue weighted by molar-refractivity contribution is 5.86. The van der Waals surface area contributed by atoms with Gasteiger partial charge >= 0.3 is 11.6 Å². The molecule has 88 valence electrons. The highest BCUT2D eigenvalue weighted by Gasteiger charge is 2.15. The summed E-state index contributed by atoms with van der Waals surface area (Å²) in [6, 6.07) is 3.21. The summed E-state index contributed by atoms with van der Waals surface area (Å²) in [6.45, 7) is 3.25. The van der Waals surface area contributed by atoms with E-state index < -0.39 is 11.6 Å². The summed E-state index contributed by atoms with van der Waals surface area (Å²) in [5, 5.41) is 0.303. The lowest BCUT2D eigenvalue weighted by Crippen LogP contribution is -2.10. The SMILES string of the molecule is CCC(=O)Oc1c(C)oc(=O)c2cccnc12. The van der Waals surface area contributed by atoms with Crippen molar-refractivity contribution in [1.29, 1.82) is 0 Å². The second-order valence-electron chi connectivity index (χ2n) is 3.50. The maximum atomic E-state index is 11.6. The molecule has 5 nitrogen and oxygen atoms in total. The summed E-state index contributed by atoms with van der Waals surface area (Å²) in [5.74, 6) is 0.0731. The van der Waals surface area contributed by atoms with Crippen molar-refractivity contribution in [3.8, 4) is 5.75 Å². The number of aromatic nitrogens is 1. The molecule has 0 aliphatic rings. The van der Waals surface area contributed by atoms with Crippen LogP contribution in [0.5, 0.6) is 5.75 Å². The van der Waals surface area contributed by atoms with Crippen LogP contribution in [0.3, 0.4) is 0 Å². The summed E-state index contributed by atoms with van der Waals surface area (Å²) < 4.78 is 10.1. The van der Waals surface area contributed by atoms with Gasteiger partial charge in [-0.1, -0.05) is 6.92 Å². The van der Waals surface area contributed by atoms with Crippen LogP contribution in [0.2, 0.25) is 0 Å². The molecule has 0 N–H and O–H groups in total. The van der Waals surface area contributed by atoms with E-state index in [0.29, 0.717) is 10.9 Å². The number of rotatable bonds is 2. The van der Waals surface area contributed by atoms with Gasteiger partial charge in [0.25, 0.3) is 0 Å². The molecule has 0 fully saturated rings. The lowest BCUT2D eigenvalue weighted by Gasteiger charge is -2.07. The first-order valence-corrected chi connectivity index (χ1v) is 5.22. The van der Waals surface area contributed by atoms with Crippen molar-refractivity contribution in [2.75, 3.05) is 0 Å². The van der Waals surface area contributed by atoms with E-state index in [0.717, 1.165) is 0 Å². The molecule has 2 rings (SSSR count). The van der Waals surface area contributed by atoms with Crippen LogP contribution in [0.1, 0.15) is 19.1 Å². The van der Waals surface area contributed by atoms with Crippen molar-refractivity contribution >= 4 is 16.9 Å². The predicted octanol–water partition coefficient (Wildman–Crippen LogP) is 1.81. The standard InChI is InChI=1S/C12H11NO4/c1-3-9(14)17-11-7(2)16-12(15)8-5-4-6-13-10(8)11/h4-6H,3H2,1-2H3. The Morgan fingerprint density at radius 3 is 3.00 bits per heavy atom. The maximum absolute atomic E-state index is 11.6. The van der Waals surface area contributed by atoms with Crippen molar-refractivity contribution in [3.05, 3.63) is 34.5 Å². The van der Waals surface area contributed by atoms with E-state index in [1.807, 2.05) is 0 Å². The van der Waals surface area contributed by atoms with Gasteiger partial charge < -0.3 is 9.15 Å². The maximum Gasteiger partial charge on any atom is 0.345 e. The zero-order chi connectivity index (χ0) is 12.4. The third kappa shape index (κ3) is 2.04. The third-order valence-electron chi connectivity index (χ3n) is 2.31. The molecular formula is C12H11NO4. The van der Waals surface area contributed by atoms with E-state index in [1.54, 1.807) is 26.0 Å². The second-order valence-corrected chi connectivity index (χ2v) is 3.50. The van der Waals surface area contributed by atoms with Crippen LogP contribution < -0.4 is 10.4 Å². The van der Waals surface area contributed by atoms with Gasteiger partial charge in [-0.15, -0.1) is 0 Å². The first kappa shape index (κ1) is 11.3. The zero-order valence-electron chi connectivity index (χ0n) is 9.52. The van der Waals surface area contributed by atoms with E-state index in [1.165, 1.54) is 6.20 Å². The molecule has 0 unspecified atom stereocenters. The smallest absolute Gasteiger partial charge is 0.345 e.